The minimum Gasteiger partial charge on any atom is -0.508 e. The number of allylic oxidation sites excluding steroid dienone is 1. The van der Waals surface area contributed by atoms with Gasteiger partial charge in [-0.1, -0.05) is 62.1 Å². The van der Waals surface area contributed by atoms with E-state index in [-0.39, 0.29) is 37.4 Å². The lowest BCUT2D eigenvalue weighted by molar-refractivity contribution is 0.0819. The van der Waals surface area contributed by atoms with E-state index in [1.165, 1.54) is 0 Å². The van der Waals surface area contributed by atoms with Gasteiger partial charge in [0.25, 0.3) is 10.1 Å². The second kappa shape index (κ2) is 15.2. The number of hydrogen-bond acceptors (Lipinski definition) is 8. The fourth-order valence-electron chi connectivity index (χ4n) is 4.09. The largest absolute Gasteiger partial charge is 0.508 e. The molecule has 0 saturated heterocycles. The minimum absolute atomic E-state index is 0.135. The van der Waals surface area contributed by atoms with Crippen LogP contribution in [0.1, 0.15) is 61.8 Å². The van der Waals surface area contributed by atoms with Crippen molar-refractivity contribution in [2.45, 2.75) is 63.2 Å². The molecule has 0 aromatic heterocycles. The number of nitrogens with two attached hydrogens (primary N) is 1. The second-order valence-electron chi connectivity index (χ2n) is 9.30. The first-order valence-electron chi connectivity index (χ1n) is 13.1. The highest BCUT2D eigenvalue weighted by molar-refractivity contribution is 7.86. The van der Waals surface area contributed by atoms with Crippen molar-refractivity contribution < 1.29 is 27.6 Å². The molecule has 0 unspecified atom stereocenters. The molecule has 1 aliphatic rings. The van der Waals surface area contributed by atoms with Crippen molar-refractivity contribution >= 4 is 16.1 Å². The number of nitrogens with one attached hydrogen (secondary N) is 1. The van der Waals surface area contributed by atoms with Crippen LogP contribution in [0.15, 0.2) is 59.6 Å². The molecule has 0 radical (unpaired) electrons. The Labute approximate surface area is 230 Å². The highest BCUT2D eigenvalue weighted by atomic mass is 32.2. The van der Waals surface area contributed by atoms with Crippen molar-refractivity contribution in [2.24, 2.45) is 10.7 Å². The van der Waals surface area contributed by atoms with Gasteiger partial charge in [-0.25, -0.2) is 0 Å². The van der Waals surface area contributed by atoms with Crippen LogP contribution in [0.5, 0.6) is 11.5 Å². The molecule has 5 N–H and O–H groups in total. The molecule has 10 heteroatoms. The summed E-state index contributed by atoms with van der Waals surface area (Å²) in [6, 6.07) is 15.0. The van der Waals surface area contributed by atoms with E-state index in [2.05, 4.69) is 29.2 Å². The molecule has 0 aliphatic carbocycles. The molecule has 0 spiro atoms. The van der Waals surface area contributed by atoms with Crippen LogP contribution in [-0.4, -0.2) is 42.6 Å². The van der Waals surface area contributed by atoms with Gasteiger partial charge in [0.2, 0.25) is 5.96 Å². The lowest BCUT2D eigenvalue weighted by Crippen LogP contribution is -2.34. The number of benzene rings is 2. The summed E-state index contributed by atoms with van der Waals surface area (Å²) in [5.74, 6) is 3.93. The summed E-state index contributed by atoms with van der Waals surface area (Å²) in [4.78, 5) is 3.88. The number of guanidine groups is 1. The minimum atomic E-state index is -4.28. The van der Waals surface area contributed by atoms with Crippen LogP contribution in [0, 0.1) is 12.0 Å². The van der Waals surface area contributed by atoms with E-state index in [1.54, 1.807) is 30.3 Å². The molecule has 1 heterocycles. The standard InChI is InChI=1S/C29H37N3O6S/c1-2-3-4-19-37-27(23-12-14-25(33)15-13-23)9-5-8-26(39(34,35)36)16-10-22-11-17-28-24(20-22)7-6-18-31-29(30)32-21-38-28/h5,9,11-15,17,20,26-27,33H,2-4,7-8,10,16,19,21H2,1H3,(H3,30,31,32)(H,34,35,36)/t26-,27+/m0/s1. The molecular formula is C29H37N3O6S. The zero-order valence-corrected chi connectivity index (χ0v) is 23.0. The Bertz CT molecular complexity index is 1300. The maximum Gasteiger partial charge on any atom is 0.268 e. The highest BCUT2D eigenvalue weighted by Crippen LogP contribution is 2.25. The summed E-state index contributed by atoms with van der Waals surface area (Å²) in [5, 5.41) is 11.5. The van der Waals surface area contributed by atoms with Crippen LogP contribution >= 0.6 is 0 Å². The van der Waals surface area contributed by atoms with Crippen LogP contribution < -0.4 is 15.8 Å². The molecule has 39 heavy (non-hydrogen) atoms. The van der Waals surface area contributed by atoms with E-state index < -0.39 is 15.4 Å². The zero-order valence-electron chi connectivity index (χ0n) is 22.2. The zero-order chi connectivity index (χ0) is 28.1. The summed E-state index contributed by atoms with van der Waals surface area (Å²) in [5.41, 5.74) is 8.28. The summed E-state index contributed by atoms with van der Waals surface area (Å²) < 4.78 is 46.1. The van der Waals surface area contributed by atoms with Gasteiger partial charge in [0.15, 0.2) is 6.73 Å². The fraction of sp³-hybridized carbons (Fsp3) is 0.414. The monoisotopic (exact) mass is 555 g/mol. The Hall–Kier alpha value is -3.52. The molecule has 0 fully saturated rings. The Morgan fingerprint density at radius 2 is 2.03 bits per heavy atom. The average molecular weight is 556 g/mol. The van der Waals surface area contributed by atoms with Gasteiger partial charge in [0.1, 0.15) is 17.6 Å². The maximum atomic E-state index is 12.2. The van der Waals surface area contributed by atoms with Crippen molar-refractivity contribution in [1.82, 2.24) is 5.32 Å². The van der Waals surface area contributed by atoms with E-state index in [9.17, 15) is 18.1 Å². The van der Waals surface area contributed by atoms with Crippen molar-refractivity contribution in [2.75, 3.05) is 13.3 Å². The fourth-order valence-corrected chi connectivity index (χ4v) is 4.86. The molecule has 9 nitrogen and oxygen atoms in total. The number of phenolic OH excluding ortho intramolecular Hbond substituents is 1. The Balaban J connectivity index is 1.67. The Morgan fingerprint density at radius 3 is 2.77 bits per heavy atom. The number of hydrogen-bond donors (Lipinski definition) is 4. The van der Waals surface area contributed by atoms with Gasteiger partial charge >= 0.3 is 0 Å². The molecule has 2 aromatic rings. The van der Waals surface area contributed by atoms with E-state index in [0.717, 1.165) is 36.0 Å². The highest BCUT2D eigenvalue weighted by Gasteiger charge is 2.22. The average Bonchev–Trinajstić information content (AvgIpc) is 2.90. The van der Waals surface area contributed by atoms with Crippen LogP contribution in [0.2, 0.25) is 0 Å². The maximum absolute atomic E-state index is 12.2. The van der Waals surface area contributed by atoms with Crippen molar-refractivity contribution in [3.8, 4) is 23.5 Å². The normalized spacial score (nSPS) is 15.2. The number of aryl methyl sites for hydroxylation is 1. The quantitative estimate of drug-likeness (QED) is 0.124. The summed E-state index contributed by atoms with van der Waals surface area (Å²) in [7, 11) is -4.28. The molecule has 2 atom stereocenters. The van der Waals surface area contributed by atoms with Crippen molar-refractivity contribution in [1.29, 1.82) is 0 Å². The van der Waals surface area contributed by atoms with E-state index in [0.29, 0.717) is 25.2 Å². The molecule has 2 aromatic carbocycles. The van der Waals surface area contributed by atoms with E-state index in [1.807, 2.05) is 24.3 Å². The molecular weight excluding hydrogens is 518 g/mol. The number of aromatic hydroxyl groups is 1. The van der Waals surface area contributed by atoms with Crippen LogP contribution in [0.25, 0.3) is 0 Å². The molecule has 3 rings (SSSR count). The number of phenols is 1. The number of ether oxygens (including phenoxy) is 2. The molecule has 210 valence electrons. The smallest absolute Gasteiger partial charge is 0.268 e. The first-order valence-corrected chi connectivity index (χ1v) is 14.6. The number of aliphatic imine (C=N–C) groups is 1. The molecule has 0 bridgehead atoms. The van der Waals surface area contributed by atoms with Gasteiger partial charge in [0.05, 0.1) is 5.25 Å². The Kier molecular flexibility index (Phi) is 11.7. The van der Waals surface area contributed by atoms with Crippen LogP contribution in [-0.2, 0) is 27.7 Å². The van der Waals surface area contributed by atoms with Gasteiger partial charge in [0, 0.05) is 24.6 Å². The lowest BCUT2D eigenvalue weighted by Gasteiger charge is -2.17. The third-order valence-electron chi connectivity index (χ3n) is 6.29. The molecule has 1 aliphatic heterocycles. The topological polar surface area (TPSA) is 143 Å². The Morgan fingerprint density at radius 1 is 1.23 bits per heavy atom. The van der Waals surface area contributed by atoms with Gasteiger partial charge in [-0.2, -0.15) is 13.4 Å². The predicted octanol–water partition coefficient (Wildman–Crippen LogP) is 4.23. The van der Waals surface area contributed by atoms with E-state index in [4.69, 9.17) is 15.2 Å². The predicted molar refractivity (Wildman–Crippen MR) is 152 cm³/mol. The van der Waals surface area contributed by atoms with Gasteiger partial charge < -0.3 is 25.6 Å². The summed E-state index contributed by atoms with van der Waals surface area (Å²) in [6.07, 6.45) is 7.43. The van der Waals surface area contributed by atoms with Gasteiger partial charge in [-0.3, -0.25) is 4.55 Å². The molecule has 0 saturated carbocycles. The number of rotatable bonds is 13. The van der Waals surface area contributed by atoms with Gasteiger partial charge in [-0.05, 0) is 55.0 Å². The second-order valence-corrected chi connectivity index (χ2v) is 11.0. The van der Waals surface area contributed by atoms with Crippen molar-refractivity contribution in [3.63, 3.8) is 0 Å². The first-order chi connectivity index (χ1) is 18.8. The number of nitrogens with zero attached hydrogens (tertiary/aromatic N) is 1. The summed E-state index contributed by atoms with van der Waals surface area (Å²) in [6.45, 7) is 2.83. The van der Waals surface area contributed by atoms with Crippen LogP contribution in [0.3, 0.4) is 0 Å². The third kappa shape index (κ3) is 10.3. The SMILES string of the molecule is CCCCCO[C@H](C=CC[C@@H](CCc1ccc2c(c1)CC#CN=C(N)NCO2)S(=O)(=O)O)c1ccc(O)cc1. The number of fused-ring (bicyclic) bond motifs is 1. The first kappa shape index (κ1) is 30.0. The van der Waals surface area contributed by atoms with Crippen LogP contribution in [0.4, 0.5) is 0 Å². The third-order valence-corrected chi connectivity index (χ3v) is 7.56. The van der Waals surface area contributed by atoms with E-state index >= 15 is 0 Å². The lowest BCUT2D eigenvalue weighted by atomic mass is 10.0. The van der Waals surface area contributed by atoms with Gasteiger partial charge in [-0.15, -0.1) is 0 Å². The number of unbranched alkanes of at least 4 members (excludes halogenated alkanes) is 2. The summed E-state index contributed by atoms with van der Waals surface area (Å²) >= 11 is 0. The molecule has 0 amide bonds. The van der Waals surface area contributed by atoms with Crippen molar-refractivity contribution in [3.05, 3.63) is 71.3 Å².